The highest BCUT2D eigenvalue weighted by molar-refractivity contribution is 8.00. The SMILES string of the molecule is COCCNC(=O)[C@@H](C)Sc1nnc(-c2ccc(OC)cc2)n1C[C@H]1CCCO1. The zero-order valence-corrected chi connectivity index (χ0v) is 17.9. The molecule has 1 aliphatic heterocycles. The van der Waals surface area contributed by atoms with Crippen molar-refractivity contribution < 1.29 is 19.0 Å². The van der Waals surface area contributed by atoms with Gasteiger partial charge in [0.25, 0.3) is 0 Å². The van der Waals surface area contributed by atoms with Crippen molar-refractivity contribution in [3.05, 3.63) is 24.3 Å². The molecule has 29 heavy (non-hydrogen) atoms. The summed E-state index contributed by atoms with van der Waals surface area (Å²) in [5, 5.41) is 12.1. The Balaban J connectivity index is 1.80. The summed E-state index contributed by atoms with van der Waals surface area (Å²) in [6.07, 6.45) is 2.20. The van der Waals surface area contributed by atoms with Gasteiger partial charge in [0.15, 0.2) is 11.0 Å². The van der Waals surface area contributed by atoms with Crippen LogP contribution >= 0.6 is 11.8 Å². The molecule has 8 nitrogen and oxygen atoms in total. The monoisotopic (exact) mass is 420 g/mol. The first-order valence-electron chi connectivity index (χ1n) is 9.75. The van der Waals surface area contributed by atoms with Gasteiger partial charge in [-0.05, 0) is 44.0 Å². The molecule has 0 aliphatic carbocycles. The van der Waals surface area contributed by atoms with Crippen molar-refractivity contribution in [3.63, 3.8) is 0 Å². The smallest absolute Gasteiger partial charge is 0.233 e. The predicted octanol–water partition coefficient (Wildman–Crippen LogP) is 2.38. The molecule has 158 valence electrons. The van der Waals surface area contributed by atoms with Crippen LogP contribution in [0.25, 0.3) is 11.4 Å². The van der Waals surface area contributed by atoms with E-state index in [0.717, 1.165) is 36.6 Å². The lowest BCUT2D eigenvalue weighted by Gasteiger charge is -2.16. The number of thioether (sulfide) groups is 1. The molecule has 2 aromatic rings. The van der Waals surface area contributed by atoms with Gasteiger partial charge in [-0.1, -0.05) is 11.8 Å². The standard InChI is InChI=1S/C20H28N4O4S/c1-14(19(25)21-10-12-26-2)29-20-23-22-18(15-6-8-16(27-3)9-7-15)24(20)13-17-5-4-11-28-17/h6-9,14,17H,4-5,10-13H2,1-3H3,(H,21,25)/t14-,17-/m1/s1. The summed E-state index contributed by atoms with van der Waals surface area (Å²) >= 11 is 1.40. The molecule has 1 saturated heterocycles. The third-order valence-electron chi connectivity index (χ3n) is 4.73. The van der Waals surface area contributed by atoms with Crippen LogP contribution in [-0.2, 0) is 20.8 Å². The normalized spacial score (nSPS) is 17.3. The van der Waals surface area contributed by atoms with Crippen molar-refractivity contribution in [2.24, 2.45) is 0 Å². The van der Waals surface area contributed by atoms with Crippen molar-refractivity contribution in [3.8, 4) is 17.1 Å². The van der Waals surface area contributed by atoms with Crippen LogP contribution in [-0.4, -0.2) is 66.0 Å². The van der Waals surface area contributed by atoms with Gasteiger partial charge >= 0.3 is 0 Å². The Morgan fingerprint density at radius 1 is 1.34 bits per heavy atom. The number of rotatable bonds is 10. The number of benzene rings is 1. The average Bonchev–Trinajstić information content (AvgIpc) is 3.39. The van der Waals surface area contributed by atoms with Gasteiger partial charge in [0, 0.05) is 25.8 Å². The average molecular weight is 421 g/mol. The summed E-state index contributed by atoms with van der Waals surface area (Å²) in [5.74, 6) is 1.50. The van der Waals surface area contributed by atoms with Crippen LogP contribution in [0.1, 0.15) is 19.8 Å². The highest BCUT2D eigenvalue weighted by atomic mass is 32.2. The van der Waals surface area contributed by atoms with Crippen LogP contribution in [0, 0.1) is 0 Å². The molecule has 3 rings (SSSR count). The second kappa shape index (κ2) is 10.6. The summed E-state index contributed by atoms with van der Waals surface area (Å²) in [7, 11) is 3.25. The number of carbonyl (C=O) groups excluding carboxylic acids is 1. The zero-order valence-electron chi connectivity index (χ0n) is 17.1. The predicted molar refractivity (Wildman–Crippen MR) is 111 cm³/mol. The summed E-state index contributed by atoms with van der Waals surface area (Å²) in [6.45, 7) is 4.28. The molecule has 0 saturated carbocycles. The van der Waals surface area contributed by atoms with E-state index in [4.69, 9.17) is 14.2 Å². The quantitative estimate of drug-likeness (QED) is 0.466. The Hall–Kier alpha value is -2.10. The van der Waals surface area contributed by atoms with Gasteiger partial charge in [-0.25, -0.2) is 0 Å². The molecule has 0 radical (unpaired) electrons. The number of aromatic nitrogens is 3. The van der Waals surface area contributed by atoms with E-state index in [1.54, 1.807) is 14.2 Å². The van der Waals surface area contributed by atoms with Crippen LogP contribution in [0.4, 0.5) is 0 Å². The second-order valence-corrected chi connectivity index (χ2v) is 8.13. The highest BCUT2D eigenvalue weighted by Gasteiger charge is 2.24. The first kappa shape index (κ1) is 21.6. The van der Waals surface area contributed by atoms with E-state index in [1.807, 2.05) is 31.2 Å². The topological polar surface area (TPSA) is 87.5 Å². The van der Waals surface area contributed by atoms with Gasteiger partial charge in [0.05, 0.1) is 31.6 Å². The first-order chi connectivity index (χ1) is 14.1. The molecule has 0 unspecified atom stereocenters. The van der Waals surface area contributed by atoms with Crippen LogP contribution in [0.5, 0.6) is 5.75 Å². The Kier molecular flexibility index (Phi) is 7.91. The van der Waals surface area contributed by atoms with Crippen LogP contribution in [0.15, 0.2) is 29.4 Å². The minimum absolute atomic E-state index is 0.0512. The van der Waals surface area contributed by atoms with E-state index in [-0.39, 0.29) is 17.3 Å². The van der Waals surface area contributed by atoms with Crippen molar-refractivity contribution in [1.82, 2.24) is 20.1 Å². The van der Waals surface area contributed by atoms with Crippen LogP contribution in [0.3, 0.4) is 0 Å². The maximum atomic E-state index is 12.3. The highest BCUT2D eigenvalue weighted by Crippen LogP contribution is 2.29. The molecule has 2 atom stereocenters. The summed E-state index contributed by atoms with van der Waals surface area (Å²) < 4.78 is 18.1. The number of hydrogen-bond donors (Lipinski definition) is 1. The molecule has 1 N–H and O–H groups in total. The van der Waals surface area contributed by atoms with Crippen molar-refractivity contribution >= 4 is 17.7 Å². The van der Waals surface area contributed by atoms with Gasteiger partial charge in [0.1, 0.15) is 5.75 Å². The lowest BCUT2D eigenvalue weighted by molar-refractivity contribution is -0.120. The fourth-order valence-electron chi connectivity index (χ4n) is 3.12. The third kappa shape index (κ3) is 5.71. The summed E-state index contributed by atoms with van der Waals surface area (Å²) in [5.41, 5.74) is 0.945. The van der Waals surface area contributed by atoms with Crippen molar-refractivity contribution in [2.75, 3.05) is 34.0 Å². The van der Waals surface area contributed by atoms with E-state index in [1.165, 1.54) is 11.8 Å². The van der Waals surface area contributed by atoms with Crippen molar-refractivity contribution in [2.45, 2.75) is 42.8 Å². The molecule has 1 aromatic carbocycles. The third-order valence-corrected chi connectivity index (χ3v) is 5.81. The molecular formula is C20H28N4O4S. The van der Waals surface area contributed by atoms with Crippen molar-refractivity contribution in [1.29, 1.82) is 0 Å². The minimum Gasteiger partial charge on any atom is -0.497 e. The molecule has 1 aliphatic rings. The van der Waals surface area contributed by atoms with Crippen LogP contribution < -0.4 is 10.1 Å². The summed E-state index contributed by atoms with van der Waals surface area (Å²) in [4.78, 5) is 12.3. The van der Waals surface area contributed by atoms with E-state index in [0.29, 0.717) is 24.9 Å². The number of nitrogens with one attached hydrogen (secondary N) is 1. The van der Waals surface area contributed by atoms with Gasteiger partial charge in [-0.2, -0.15) is 0 Å². The van der Waals surface area contributed by atoms with E-state index < -0.39 is 0 Å². The number of amides is 1. The molecule has 1 amide bonds. The fraction of sp³-hybridized carbons (Fsp3) is 0.550. The number of hydrogen-bond acceptors (Lipinski definition) is 7. The van der Waals surface area contributed by atoms with E-state index in [9.17, 15) is 4.79 Å². The Morgan fingerprint density at radius 3 is 2.79 bits per heavy atom. The number of nitrogens with zero attached hydrogens (tertiary/aromatic N) is 3. The van der Waals surface area contributed by atoms with E-state index in [2.05, 4.69) is 20.1 Å². The Morgan fingerprint density at radius 2 is 2.14 bits per heavy atom. The first-order valence-corrected chi connectivity index (χ1v) is 10.6. The number of ether oxygens (including phenoxy) is 3. The number of carbonyl (C=O) groups is 1. The van der Waals surface area contributed by atoms with Gasteiger partial charge < -0.3 is 19.5 Å². The molecule has 2 heterocycles. The Labute approximate surface area is 175 Å². The molecule has 1 fully saturated rings. The van der Waals surface area contributed by atoms with Gasteiger partial charge in [0.2, 0.25) is 5.91 Å². The summed E-state index contributed by atoms with van der Waals surface area (Å²) in [6, 6.07) is 7.73. The zero-order chi connectivity index (χ0) is 20.6. The lowest BCUT2D eigenvalue weighted by atomic mass is 10.2. The molecule has 1 aromatic heterocycles. The minimum atomic E-state index is -0.303. The molecule has 0 spiro atoms. The second-order valence-electron chi connectivity index (χ2n) is 6.82. The maximum absolute atomic E-state index is 12.3. The fourth-order valence-corrected chi connectivity index (χ4v) is 4.00. The van der Waals surface area contributed by atoms with Gasteiger partial charge in [-0.3, -0.25) is 9.36 Å². The molecule has 9 heteroatoms. The largest absolute Gasteiger partial charge is 0.497 e. The molecular weight excluding hydrogens is 392 g/mol. The maximum Gasteiger partial charge on any atom is 0.233 e. The molecule has 0 bridgehead atoms. The Bertz CT molecular complexity index is 790. The number of methoxy groups -OCH3 is 2. The van der Waals surface area contributed by atoms with Crippen LogP contribution in [0.2, 0.25) is 0 Å². The lowest BCUT2D eigenvalue weighted by Crippen LogP contribution is -2.33. The van der Waals surface area contributed by atoms with E-state index >= 15 is 0 Å². The van der Waals surface area contributed by atoms with Gasteiger partial charge in [-0.15, -0.1) is 10.2 Å².